The van der Waals surface area contributed by atoms with E-state index in [1.165, 1.54) is 0 Å². The molecule has 0 fully saturated rings. The van der Waals surface area contributed by atoms with Gasteiger partial charge in [-0.05, 0) is 20.4 Å². The highest BCUT2D eigenvalue weighted by Crippen LogP contribution is 2.14. The average molecular weight is 253 g/mol. The Labute approximate surface area is 106 Å². The first-order valence-corrected chi connectivity index (χ1v) is 6.72. The van der Waals surface area contributed by atoms with Crippen LogP contribution >= 0.6 is 11.3 Å². The van der Waals surface area contributed by atoms with Crippen LogP contribution in [0.25, 0.3) is 4.96 Å². The minimum atomic E-state index is 0.274. The number of likely N-dealkylation sites (N-methyl/N-ethyl adjacent to an activating group) is 1. The highest BCUT2D eigenvalue weighted by atomic mass is 32.1. The molecule has 0 aromatic carbocycles. The van der Waals surface area contributed by atoms with Gasteiger partial charge in [-0.3, -0.25) is 4.40 Å². The van der Waals surface area contributed by atoms with Crippen molar-refractivity contribution in [2.24, 2.45) is 0 Å². The zero-order chi connectivity index (χ0) is 12.3. The van der Waals surface area contributed by atoms with E-state index in [1.54, 1.807) is 18.4 Å². The first-order valence-electron chi connectivity index (χ1n) is 5.84. The third-order valence-electron chi connectivity index (χ3n) is 3.03. The molecule has 0 aliphatic carbocycles. The lowest BCUT2D eigenvalue weighted by atomic mass is 10.1. The van der Waals surface area contributed by atoms with Gasteiger partial charge in [-0.1, -0.05) is 0 Å². The number of thiazole rings is 1. The molecule has 17 heavy (non-hydrogen) atoms. The van der Waals surface area contributed by atoms with E-state index in [-0.39, 0.29) is 6.10 Å². The van der Waals surface area contributed by atoms with Crippen molar-refractivity contribution < 1.29 is 4.74 Å². The molecule has 4 nitrogen and oxygen atoms in total. The van der Waals surface area contributed by atoms with E-state index < -0.39 is 0 Å². The lowest BCUT2D eigenvalue weighted by Crippen LogP contribution is -2.31. The van der Waals surface area contributed by atoms with E-state index in [1.807, 2.05) is 13.2 Å². The van der Waals surface area contributed by atoms with E-state index in [9.17, 15) is 0 Å². The van der Waals surface area contributed by atoms with Crippen molar-refractivity contribution in [3.05, 3.63) is 23.5 Å². The van der Waals surface area contributed by atoms with Gasteiger partial charge in [0.2, 0.25) is 0 Å². The molecule has 2 heterocycles. The topological polar surface area (TPSA) is 38.6 Å². The molecule has 0 saturated heterocycles. The molecule has 0 aliphatic heterocycles. The molecule has 94 valence electrons. The van der Waals surface area contributed by atoms with Crippen LogP contribution in [0.15, 0.2) is 17.8 Å². The Hall–Kier alpha value is -0.910. The van der Waals surface area contributed by atoms with Gasteiger partial charge >= 0.3 is 0 Å². The summed E-state index contributed by atoms with van der Waals surface area (Å²) in [7, 11) is 3.75. The SMILES string of the molecule is CNC(Cc1cn2ccsc2n1)CC(C)OC. The van der Waals surface area contributed by atoms with Crippen LogP contribution in [0.3, 0.4) is 0 Å². The molecule has 0 radical (unpaired) electrons. The normalized spacial score (nSPS) is 15.2. The Bertz CT molecular complexity index is 436. The largest absolute Gasteiger partial charge is 0.382 e. The number of methoxy groups -OCH3 is 1. The van der Waals surface area contributed by atoms with E-state index in [0.29, 0.717) is 6.04 Å². The van der Waals surface area contributed by atoms with Crippen LogP contribution in [0.1, 0.15) is 19.0 Å². The predicted octanol–water partition coefficient (Wildman–Crippen LogP) is 1.95. The summed E-state index contributed by atoms with van der Waals surface area (Å²) >= 11 is 1.67. The monoisotopic (exact) mass is 253 g/mol. The fourth-order valence-corrected chi connectivity index (χ4v) is 2.65. The second-order valence-corrected chi connectivity index (χ2v) is 5.17. The zero-order valence-electron chi connectivity index (χ0n) is 10.5. The maximum absolute atomic E-state index is 5.30. The second-order valence-electron chi connectivity index (χ2n) is 4.30. The molecule has 0 bridgehead atoms. The number of hydrogen-bond acceptors (Lipinski definition) is 4. The number of imidazole rings is 1. The summed E-state index contributed by atoms with van der Waals surface area (Å²) < 4.78 is 7.38. The van der Waals surface area contributed by atoms with Crippen molar-refractivity contribution in [2.45, 2.75) is 31.9 Å². The van der Waals surface area contributed by atoms with E-state index in [0.717, 1.165) is 23.5 Å². The molecule has 0 amide bonds. The van der Waals surface area contributed by atoms with Gasteiger partial charge in [0.15, 0.2) is 4.96 Å². The van der Waals surface area contributed by atoms with Crippen LogP contribution in [0, 0.1) is 0 Å². The molecule has 2 aromatic heterocycles. The maximum atomic E-state index is 5.30. The number of fused-ring (bicyclic) bond motifs is 1. The van der Waals surface area contributed by atoms with Crippen molar-refractivity contribution in [2.75, 3.05) is 14.2 Å². The highest BCUT2D eigenvalue weighted by Gasteiger charge is 2.13. The first-order chi connectivity index (χ1) is 8.22. The highest BCUT2D eigenvalue weighted by molar-refractivity contribution is 7.15. The van der Waals surface area contributed by atoms with Gasteiger partial charge in [0.25, 0.3) is 0 Å². The second kappa shape index (κ2) is 5.62. The van der Waals surface area contributed by atoms with Gasteiger partial charge in [0.1, 0.15) is 0 Å². The van der Waals surface area contributed by atoms with Crippen molar-refractivity contribution >= 4 is 16.3 Å². The van der Waals surface area contributed by atoms with Gasteiger partial charge in [0.05, 0.1) is 11.8 Å². The van der Waals surface area contributed by atoms with Gasteiger partial charge in [-0.25, -0.2) is 4.98 Å². The average Bonchev–Trinajstić information content (AvgIpc) is 2.88. The number of aromatic nitrogens is 2. The van der Waals surface area contributed by atoms with Crippen LogP contribution in [0.4, 0.5) is 0 Å². The molecule has 0 spiro atoms. The third-order valence-corrected chi connectivity index (χ3v) is 3.80. The fourth-order valence-electron chi connectivity index (χ4n) is 1.93. The standard InChI is InChI=1S/C12H19N3OS/c1-9(16-3)6-10(13-2)7-11-8-15-4-5-17-12(15)14-11/h4-5,8-10,13H,6-7H2,1-3H3. The van der Waals surface area contributed by atoms with E-state index in [4.69, 9.17) is 4.74 Å². The van der Waals surface area contributed by atoms with Gasteiger partial charge in [-0.2, -0.15) is 0 Å². The van der Waals surface area contributed by atoms with Crippen LogP contribution in [-0.2, 0) is 11.2 Å². The van der Waals surface area contributed by atoms with Gasteiger partial charge in [-0.15, -0.1) is 11.3 Å². The Kier molecular flexibility index (Phi) is 4.15. The lowest BCUT2D eigenvalue weighted by molar-refractivity contribution is 0.101. The summed E-state index contributed by atoms with van der Waals surface area (Å²) in [4.78, 5) is 5.66. The molecule has 2 atom stereocenters. The number of hydrogen-bond donors (Lipinski definition) is 1. The molecule has 0 aliphatic rings. The van der Waals surface area contributed by atoms with E-state index >= 15 is 0 Å². The number of rotatable bonds is 6. The fraction of sp³-hybridized carbons (Fsp3) is 0.583. The molecule has 2 rings (SSSR count). The summed E-state index contributed by atoms with van der Waals surface area (Å²) in [5, 5.41) is 5.38. The quantitative estimate of drug-likeness (QED) is 0.855. The smallest absolute Gasteiger partial charge is 0.193 e. The molecular formula is C12H19N3OS. The summed E-state index contributed by atoms with van der Waals surface area (Å²) in [5.74, 6) is 0. The molecule has 5 heteroatoms. The third kappa shape index (κ3) is 3.06. The van der Waals surface area contributed by atoms with Crippen molar-refractivity contribution in [3.63, 3.8) is 0 Å². The number of nitrogens with one attached hydrogen (secondary N) is 1. The van der Waals surface area contributed by atoms with Crippen LogP contribution < -0.4 is 5.32 Å². The minimum absolute atomic E-state index is 0.274. The molecular weight excluding hydrogens is 234 g/mol. The summed E-state index contributed by atoms with van der Waals surface area (Å²) in [6.07, 6.45) is 6.36. The van der Waals surface area contributed by atoms with Gasteiger partial charge in [0, 0.05) is 37.3 Å². The van der Waals surface area contributed by atoms with Crippen LogP contribution in [0.2, 0.25) is 0 Å². The Balaban J connectivity index is 2.00. The van der Waals surface area contributed by atoms with E-state index in [2.05, 4.69) is 33.2 Å². The Morgan fingerprint density at radius 1 is 1.59 bits per heavy atom. The van der Waals surface area contributed by atoms with Crippen LogP contribution in [-0.4, -0.2) is 35.7 Å². The van der Waals surface area contributed by atoms with Crippen molar-refractivity contribution in [3.8, 4) is 0 Å². The van der Waals surface area contributed by atoms with Crippen LogP contribution in [0.5, 0.6) is 0 Å². The number of nitrogens with zero attached hydrogens (tertiary/aromatic N) is 2. The molecule has 2 aromatic rings. The van der Waals surface area contributed by atoms with Gasteiger partial charge < -0.3 is 10.1 Å². The van der Waals surface area contributed by atoms with Crippen molar-refractivity contribution in [1.82, 2.24) is 14.7 Å². The number of ether oxygens (including phenoxy) is 1. The first kappa shape index (κ1) is 12.5. The minimum Gasteiger partial charge on any atom is -0.382 e. The summed E-state index contributed by atoms with van der Waals surface area (Å²) in [5.41, 5.74) is 1.14. The molecule has 1 N–H and O–H groups in total. The zero-order valence-corrected chi connectivity index (χ0v) is 11.3. The Morgan fingerprint density at radius 3 is 3.06 bits per heavy atom. The molecule has 2 unspecified atom stereocenters. The lowest BCUT2D eigenvalue weighted by Gasteiger charge is -2.18. The maximum Gasteiger partial charge on any atom is 0.193 e. The Morgan fingerprint density at radius 2 is 2.41 bits per heavy atom. The summed E-state index contributed by atoms with van der Waals surface area (Å²) in [6.45, 7) is 2.09. The predicted molar refractivity (Wildman–Crippen MR) is 70.7 cm³/mol. The molecule has 0 saturated carbocycles. The van der Waals surface area contributed by atoms with Crippen molar-refractivity contribution in [1.29, 1.82) is 0 Å². The summed E-state index contributed by atoms with van der Waals surface area (Å²) in [6, 6.07) is 0.412.